The van der Waals surface area contributed by atoms with E-state index in [0.717, 1.165) is 6.08 Å². The zero-order valence-electron chi connectivity index (χ0n) is 23.5. The van der Waals surface area contributed by atoms with Gasteiger partial charge in [0.25, 0.3) is 17.5 Å². The van der Waals surface area contributed by atoms with E-state index < -0.39 is 22.7 Å². The Morgan fingerprint density at radius 3 is 2.47 bits per heavy atom. The number of ether oxygens (including phenoxy) is 2. The highest BCUT2D eigenvalue weighted by Crippen LogP contribution is 2.28. The summed E-state index contributed by atoms with van der Waals surface area (Å²) in [5.41, 5.74) is 4.15. The molecule has 0 aliphatic carbocycles. The van der Waals surface area contributed by atoms with Gasteiger partial charge in [0.1, 0.15) is 0 Å². The first-order valence-corrected chi connectivity index (χ1v) is 14.0. The average molecular weight is 647 g/mol. The number of anilines is 1. The minimum absolute atomic E-state index is 0.101. The number of nitro groups is 1. The molecule has 0 spiro atoms. The first-order valence-electron chi connectivity index (χ1n) is 13.2. The first kappa shape index (κ1) is 32.4. The number of carbonyl (C=O) groups is 3. The molecule has 0 atom stereocenters. The third-order valence-electron chi connectivity index (χ3n) is 5.91. The van der Waals surface area contributed by atoms with Crippen molar-refractivity contribution in [3.05, 3.63) is 133 Å². The van der Waals surface area contributed by atoms with Gasteiger partial charge in [0, 0.05) is 34.5 Å². The van der Waals surface area contributed by atoms with Crippen LogP contribution in [0.4, 0.5) is 11.4 Å². The molecule has 45 heavy (non-hydrogen) atoms. The number of nitro benzene ring substituents is 1. The van der Waals surface area contributed by atoms with Crippen molar-refractivity contribution in [3.63, 3.8) is 0 Å². The summed E-state index contributed by atoms with van der Waals surface area (Å²) >= 11 is 12.0. The average Bonchev–Trinajstić information content (AvgIpc) is 3.01. The fourth-order valence-corrected chi connectivity index (χ4v) is 4.34. The molecule has 4 rings (SSSR count). The van der Waals surface area contributed by atoms with Crippen LogP contribution < -0.4 is 20.2 Å². The summed E-state index contributed by atoms with van der Waals surface area (Å²) in [7, 11) is 0. The molecule has 0 aliphatic heterocycles. The lowest BCUT2D eigenvalue weighted by atomic mass is 10.1. The van der Waals surface area contributed by atoms with Crippen molar-refractivity contribution in [3.8, 4) is 11.5 Å². The maximum absolute atomic E-state index is 12.7. The van der Waals surface area contributed by atoms with Crippen LogP contribution in [0.2, 0.25) is 10.0 Å². The molecule has 4 aromatic rings. The van der Waals surface area contributed by atoms with Gasteiger partial charge in [-0.25, -0.2) is 10.2 Å². The molecule has 0 heterocycles. The Morgan fingerprint density at radius 2 is 1.71 bits per heavy atom. The Labute approximate surface area is 267 Å². The molecular formula is C32H24Cl2N4O7. The summed E-state index contributed by atoms with van der Waals surface area (Å²) in [4.78, 5) is 48.1. The zero-order chi connectivity index (χ0) is 32.3. The van der Waals surface area contributed by atoms with E-state index in [1.54, 1.807) is 49.4 Å². The maximum atomic E-state index is 12.7. The van der Waals surface area contributed by atoms with Crippen LogP contribution in [0.25, 0.3) is 6.08 Å². The number of carbonyl (C=O) groups excluding carboxylic acids is 3. The molecule has 0 aliphatic rings. The Bertz CT molecular complexity index is 1830. The highest BCUT2D eigenvalue weighted by Gasteiger charge is 2.13. The number of esters is 1. The molecule has 0 bridgehead atoms. The van der Waals surface area contributed by atoms with Gasteiger partial charge < -0.3 is 14.8 Å². The van der Waals surface area contributed by atoms with E-state index in [1.165, 1.54) is 54.8 Å². The molecule has 228 valence electrons. The van der Waals surface area contributed by atoms with Crippen LogP contribution in [0.5, 0.6) is 11.5 Å². The molecule has 13 heteroatoms. The number of nitrogens with zero attached hydrogens (tertiary/aromatic N) is 2. The van der Waals surface area contributed by atoms with Crippen molar-refractivity contribution in [1.82, 2.24) is 5.43 Å². The van der Waals surface area contributed by atoms with Gasteiger partial charge in [-0.3, -0.25) is 19.7 Å². The van der Waals surface area contributed by atoms with E-state index >= 15 is 0 Å². The minimum Gasteiger partial charge on any atom is -0.490 e. The molecule has 0 unspecified atom stereocenters. The van der Waals surface area contributed by atoms with Crippen molar-refractivity contribution < 1.29 is 28.8 Å². The van der Waals surface area contributed by atoms with Gasteiger partial charge in [-0.1, -0.05) is 41.4 Å². The number of hydrazone groups is 1. The van der Waals surface area contributed by atoms with Crippen LogP contribution >= 0.6 is 23.2 Å². The van der Waals surface area contributed by atoms with E-state index in [2.05, 4.69) is 15.8 Å². The number of hydrogen-bond acceptors (Lipinski definition) is 8. The maximum Gasteiger partial charge on any atom is 0.336 e. The number of hydrogen-bond donors (Lipinski definition) is 2. The largest absolute Gasteiger partial charge is 0.490 e. The predicted molar refractivity (Wildman–Crippen MR) is 171 cm³/mol. The molecule has 2 N–H and O–H groups in total. The van der Waals surface area contributed by atoms with Crippen molar-refractivity contribution in [2.75, 3.05) is 11.9 Å². The fraction of sp³-hybridized carbons (Fsp3) is 0.0625. The molecule has 2 amide bonds. The number of non-ortho nitro benzene ring substituents is 1. The normalized spacial score (nSPS) is 10.9. The van der Waals surface area contributed by atoms with E-state index in [9.17, 15) is 24.5 Å². The van der Waals surface area contributed by atoms with Crippen molar-refractivity contribution in [2.24, 2.45) is 5.10 Å². The van der Waals surface area contributed by atoms with Crippen LogP contribution in [-0.4, -0.2) is 35.5 Å². The first-order chi connectivity index (χ1) is 21.6. The molecule has 0 saturated heterocycles. The summed E-state index contributed by atoms with van der Waals surface area (Å²) < 4.78 is 11.0. The SMILES string of the molecule is CCOc1cc(C=NNC(=O)c2cccc(NC(=O)c3ccc(Cl)cc3Cl)c2)ccc1OC(=O)/C=C/c1cccc([N+](=O)[O-])c1. The van der Waals surface area contributed by atoms with Gasteiger partial charge in [0.05, 0.1) is 28.3 Å². The van der Waals surface area contributed by atoms with Gasteiger partial charge in [0.15, 0.2) is 11.5 Å². The Hall–Kier alpha value is -5.52. The summed E-state index contributed by atoms with van der Waals surface area (Å²) in [6.45, 7) is 2.04. The second-order valence-corrected chi connectivity index (χ2v) is 9.95. The number of halogens is 2. The predicted octanol–water partition coefficient (Wildman–Crippen LogP) is 6.94. The Kier molecular flexibility index (Phi) is 11.0. The van der Waals surface area contributed by atoms with Crippen LogP contribution in [0.15, 0.2) is 96.1 Å². The molecular weight excluding hydrogens is 623 g/mol. The van der Waals surface area contributed by atoms with Gasteiger partial charge in [-0.15, -0.1) is 0 Å². The van der Waals surface area contributed by atoms with Crippen LogP contribution in [-0.2, 0) is 4.79 Å². The van der Waals surface area contributed by atoms with Gasteiger partial charge in [0.2, 0.25) is 0 Å². The highest BCUT2D eigenvalue weighted by atomic mass is 35.5. The van der Waals surface area contributed by atoms with E-state index in [1.807, 2.05) is 0 Å². The van der Waals surface area contributed by atoms with Gasteiger partial charge in [-0.05, 0) is 78.7 Å². The Balaban J connectivity index is 1.38. The smallest absolute Gasteiger partial charge is 0.336 e. The van der Waals surface area contributed by atoms with Crippen LogP contribution in [0.1, 0.15) is 38.8 Å². The van der Waals surface area contributed by atoms with Crippen LogP contribution in [0.3, 0.4) is 0 Å². The zero-order valence-corrected chi connectivity index (χ0v) is 25.0. The Morgan fingerprint density at radius 1 is 0.911 bits per heavy atom. The standard InChI is InChI=1S/C32H24Cl2N4O7/c1-2-44-29-16-21(9-13-28(29)45-30(39)14-10-20-5-3-8-25(15-20)38(42)43)19-35-37-31(40)22-6-4-7-24(17-22)36-32(41)26-12-11-23(33)18-27(26)34/h3-19H,2H2,1H3,(H,36,41)(H,37,40)/b14-10+,35-19?. The van der Waals surface area contributed by atoms with Crippen molar-refractivity contribution >= 4 is 64.7 Å². The van der Waals surface area contributed by atoms with Crippen LogP contribution in [0, 0.1) is 10.1 Å². The topological polar surface area (TPSA) is 149 Å². The van der Waals surface area contributed by atoms with E-state index in [-0.39, 0.29) is 39.9 Å². The van der Waals surface area contributed by atoms with E-state index in [4.69, 9.17) is 32.7 Å². The lowest BCUT2D eigenvalue weighted by Crippen LogP contribution is -2.18. The number of amides is 2. The lowest BCUT2D eigenvalue weighted by Gasteiger charge is -2.10. The number of nitrogens with one attached hydrogen (secondary N) is 2. The summed E-state index contributed by atoms with van der Waals surface area (Å²) in [5, 5.41) is 18.2. The summed E-state index contributed by atoms with van der Waals surface area (Å²) in [6.07, 6.45) is 3.92. The minimum atomic E-state index is -0.717. The fourth-order valence-electron chi connectivity index (χ4n) is 3.85. The second kappa shape index (κ2) is 15.3. The third-order valence-corrected chi connectivity index (χ3v) is 6.46. The lowest BCUT2D eigenvalue weighted by molar-refractivity contribution is -0.384. The van der Waals surface area contributed by atoms with Gasteiger partial charge >= 0.3 is 5.97 Å². The number of rotatable bonds is 11. The molecule has 11 nitrogen and oxygen atoms in total. The van der Waals surface area contributed by atoms with Crippen molar-refractivity contribution in [1.29, 1.82) is 0 Å². The van der Waals surface area contributed by atoms with E-state index in [0.29, 0.717) is 21.8 Å². The molecule has 0 saturated carbocycles. The molecule has 0 fully saturated rings. The third kappa shape index (κ3) is 9.23. The summed E-state index contributed by atoms with van der Waals surface area (Å²) in [6, 6.07) is 21.2. The molecule has 0 radical (unpaired) electrons. The second-order valence-electron chi connectivity index (χ2n) is 9.10. The van der Waals surface area contributed by atoms with Gasteiger partial charge in [-0.2, -0.15) is 5.10 Å². The highest BCUT2D eigenvalue weighted by molar-refractivity contribution is 6.37. The summed E-state index contributed by atoms with van der Waals surface area (Å²) in [5.74, 6) is -1.31. The molecule has 0 aromatic heterocycles. The number of benzene rings is 4. The quantitative estimate of drug-likeness (QED) is 0.0448. The monoisotopic (exact) mass is 646 g/mol. The van der Waals surface area contributed by atoms with Crippen molar-refractivity contribution in [2.45, 2.75) is 6.92 Å². The molecule has 4 aromatic carbocycles.